The topological polar surface area (TPSA) is 0 Å². The fraction of sp³-hybridized carbons (Fsp3) is 0. The van der Waals surface area contributed by atoms with E-state index in [0.717, 1.165) is 0 Å². The Kier molecular flexibility index (Phi) is 20.4. The van der Waals surface area contributed by atoms with Crippen LogP contribution in [0.3, 0.4) is 0 Å². The van der Waals surface area contributed by atoms with Crippen LogP contribution in [0.2, 0.25) is 0 Å². The zero-order chi connectivity index (χ0) is 2.71. The molecule has 0 saturated heterocycles. The van der Waals surface area contributed by atoms with Crippen LogP contribution < -0.4 is 0 Å². The number of hydrogen-bond acceptors (Lipinski definition) is 0. The van der Waals surface area contributed by atoms with Crippen LogP contribution >= 0.6 is 17.9 Å². The average Bonchev–Trinajstić information content (AvgIpc) is 0.918. The van der Waals surface area contributed by atoms with Gasteiger partial charge in [-0.25, -0.2) is 0 Å². The van der Waals surface area contributed by atoms with Gasteiger partial charge < -0.3 is 0 Å². The summed E-state index contributed by atoms with van der Waals surface area (Å²) in [6.45, 7) is 0.306. The normalized spacial score (nSPS) is 7.50. The van der Waals surface area contributed by atoms with Crippen molar-refractivity contribution in [2.75, 3.05) is 0 Å². The predicted octanol–water partition coefficient (Wildman–Crippen LogP) is 1.28. The minimum absolute atomic E-state index is 0. The molecule has 0 aliphatic heterocycles. The molecule has 0 N–H and O–H groups in total. The van der Waals surface area contributed by atoms with Gasteiger partial charge in [0, 0.05) is 17.1 Å². The number of halogens is 1. The first-order valence-electron chi connectivity index (χ1n) is 0.366. The fourth-order valence-electron chi connectivity index (χ4n) is 0. The Hall–Kier alpha value is 1.76. The van der Waals surface area contributed by atoms with E-state index in [1.165, 1.54) is 0 Å². The third-order valence-electron chi connectivity index (χ3n) is 0. The molecule has 0 aromatic rings. The van der Waals surface area contributed by atoms with Crippen molar-refractivity contribution in [3.8, 4) is 0 Å². The molecule has 0 rings (SSSR count). The van der Waals surface area contributed by atoms with E-state index in [1.54, 1.807) is 0 Å². The first-order valence-corrected chi connectivity index (χ1v) is 3.89. The van der Waals surface area contributed by atoms with Gasteiger partial charge in [0.25, 0.3) is 0 Å². The Bertz CT molecular complexity index is 8.00. The van der Waals surface area contributed by atoms with Crippen molar-refractivity contribution in [1.82, 2.24) is 0 Å². The summed E-state index contributed by atoms with van der Waals surface area (Å²) < 4.78 is 0. The van der Waals surface area contributed by atoms with E-state index in [4.69, 9.17) is 11.2 Å². The molecular weight excluding hydrogens is 177 g/mol. The molecule has 1 atom stereocenters. The van der Waals surface area contributed by atoms with Gasteiger partial charge in [0.2, 0.25) is 0 Å². The van der Waals surface area contributed by atoms with Crippen molar-refractivity contribution in [3.63, 3.8) is 0 Å². The van der Waals surface area contributed by atoms with Crippen LogP contribution in [0.1, 0.15) is 0 Å². The Labute approximate surface area is 50.5 Å². The van der Waals surface area contributed by atoms with Gasteiger partial charge in [0.1, 0.15) is 0 Å². The van der Waals surface area contributed by atoms with Gasteiger partial charge >= 0.3 is 33.4 Å². The van der Waals surface area contributed by atoms with E-state index in [0.29, 0.717) is 6.62 Å². The summed E-state index contributed by atoms with van der Waals surface area (Å²) in [4.78, 5) is 0. The van der Waals surface area contributed by atoms with Crippen molar-refractivity contribution in [2.45, 2.75) is 0 Å². The predicted molar refractivity (Wildman–Crippen MR) is 14.2 cm³/mol. The van der Waals surface area contributed by atoms with Crippen molar-refractivity contribution in [2.24, 2.45) is 0 Å². The summed E-state index contributed by atoms with van der Waals surface area (Å²) in [6, 6.07) is 0. The van der Waals surface area contributed by atoms with Crippen LogP contribution in [0.4, 0.5) is 0 Å². The van der Waals surface area contributed by atoms with Crippen molar-refractivity contribution >= 4 is 17.9 Å². The minimum Gasteiger partial charge on any atom is 0 e. The fourth-order valence-corrected chi connectivity index (χ4v) is 0. The third-order valence-corrected chi connectivity index (χ3v) is 0. The van der Waals surface area contributed by atoms with Crippen LogP contribution in [0.25, 0.3) is 0 Å². The van der Waals surface area contributed by atoms with Gasteiger partial charge in [-0.3, -0.25) is 0 Å². The van der Waals surface area contributed by atoms with Gasteiger partial charge in [0.15, 0.2) is 0 Å². The maximum absolute atomic E-state index is 4.92. The Morgan fingerprint density at radius 2 is 1.75 bits per heavy atom. The van der Waals surface area contributed by atoms with Gasteiger partial charge in [-0.1, -0.05) is 0 Å². The van der Waals surface area contributed by atoms with E-state index in [-0.39, 0.29) is 17.1 Å². The van der Waals surface area contributed by atoms with Crippen LogP contribution in [0, 0.1) is 0 Å². The summed E-state index contributed by atoms with van der Waals surface area (Å²) >= 11 is 8.19. The van der Waals surface area contributed by atoms with E-state index < -0.39 is 0 Å². The quantitative estimate of drug-likeness (QED) is 0.387. The molecule has 0 bridgehead atoms. The minimum atomic E-state index is 0. The first-order chi connectivity index (χ1) is 1.41. The van der Waals surface area contributed by atoms with Crippen LogP contribution in [0.15, 0.2) is 0 Å². The Balaban J connectivity index is 0. The summed E-state index contributed by atoms with van der Waals surface area (Å²) in [7, 11) is 0. The Morgan fingerprint density at radius 1 is 1.75 bits per heavy atom. The molecule has 0 aliphatic rings. The molecule has 1 radical (unpaired) electrons. The summed E-state index contributed by atoms with van der Waals surface area (Å²) in [5.74, 6) is 0. The van der Waals surface area contributed by atoms with Gasteiger partial charge in [-0.05, 0) is 0 Å². The molecule has 0 aromatic carbocycles. The maximum Gasteiger partial charge on any atom is 0 e. The van der Waals surface area contributed by atoms with Crippen LogP contribution in [-0.4, -0.2) is 0 Å². The van der Waals surface area contributed by atoms with E-state index in [2.05, 4.69) is 15.6 Å². The van der Waals surface area contributed by atoms with E-state index in [1.807, 2.05) is 0 Å². The average molecular weight is 178 g/mol. The largest absolute Gasteiger partial charge is 0 e. The number of rotatable bonds is 0. The van der Waals surface area contributed by atoms with Crippen molar-refractivity contribution in [1.29, 1.82) is 0 Å². The number of hydrogen-bond donors (Lipinski definition) is 0. The molecule has 28 valence electrons. The molecule has 0 heterocycles. The molecule has 0 nitrogen and oxygen atoms in total. The SMILES string of the molecule is Cl[PH][Fe].[Mn]. The smallest absolute Gasteiger partial charge is 0 e. The molecule has 0 amide bonds. The molecule has 0 aromatic heterocycles. The Morgan fingerprint density at radius 3 is 1.75 bits per heavy atom. The van der Waals surface area contributed by atoms with Crippen LogP contribution in [-0.2, 0) is 32.6 Å². The summed E-state index contributed by atoms with van der Waals surface area (Å²) in [5, 5.41) is 0. The van der Waals surface area contributed by atoms with Crippen molar-refractivity contribution in [3.05, 3.63) is 0 Å². The van der Waals surface area contributed by atoms with E-state index in [9.17, 15) is 0 Å². The van der Waals surface area contributed by atoms with Gasteiger partial charge in [-0.2, -0.15) is 0 Å². The first kappa shape index (κ1) is 9.23. The monoisotopic (exact) mass is 178 g/mol. The third kappa shape index (κ3) is 9.25. The molecule has 0 fully saturated rings. The molecule has 4 heteroatoms. The molecular formula is HClFeMnP. The second-order valence-corrected chi connectivity index (χ2v) is 2.48. The summed E-state index contributed by atoms with van der Waals surface area (Å²) in [5.41, 5.74) is 0. The zero-order valence-corrected chi connectivity index (χ0v) is 5.65. The maximum atomic E-state index is 4.92. The van der Waals surface area contributed by atoms with E-state index >= 15 is 0 Å². The van der Waals surface area contributed by atoms with Gasteiger partial charge in [0.05, 0.1) is 0 Å². The molecule has 4 heavy (non-hydrogen) atoms. The van der Waals surface area contributed by atoms with Crippen molar-refractivity contribution < 1.29 is 32.6 Å². The van der Waals surface area contributed by atoms with Gasteiger partial charge in [-0.15, -0.1) is 0 Å². The van der Waals surface area contributed by atoms with Crippen LogP contribution in [0.5, 0.6) is 0 Å². The second-order valence-electron chi connectivity index (χ2n) is 0.0668. The molecule has 1 unspecified atom stereocenters. The molecule has 0 aliphatic carbocycles. The molecule has 0 saturated carbocycles. The standard InChI is InChI=1S/ClHP.Fe.Mn/c1-2;;/h2H;;/q-1;+1;. The molecule has 0 spiro atoms. The second kappa shape index (κ2) is 8.83. The summed E-state index contributed by atoms with van der Waals surface area (Å²) in [6.07, 6.45) is 0. The zero-order valence-electron chi connectivity index (χ0n) is 1.61.